The molecular weight excluding hydrogens is 266 g/mol. The van der Waals surface area contributed by atoms with Crippen molar-refractivity contribution in [3.8, 4) is 6.07 Å². The summed E-state index contributed by atoms with van der Waals surface area (Å²) in [6.45, 7) is 0. The molecule has 1 aliphatic rings. The summed E-state index contributed by atoms with van der Waals surface area (Å²) in [6.07, 6.45) is 1.91. The van der Waals surface area contributed by atoms with Gasteiger partial charge in [0.15, 0.2) is 5.78 Å². The molecule has 0 bridgehead atoms. The fraction of sp³-hybridized carbons (Fsp3) is 0.0588. The molecule has 3 heteroatoms. The summed E-state index contributed by atoms with van der Waals surface area (Å²) in [5.41, 5.74) is 3.16. The zero-order chi connectivity index (χ0) is 13.9. The van der Waals surface area contributed by atoms with E-state index in [4.69, 9.17) is 5.26 Å². The second-order valence-electron chi connectivity index (χ2n) is 4.52. The number of hydrogen-bond donors (Lipinski definition) is 0. The second kappa shape index (κ2) is 5.36. The lowest BCUT2D eigenvalue weighted by Crippen LogP contribution is -2.11. The van der Waals surface area contributed by atoms with Crippen LogP contribution >= 0.6 is 11.8 Å². The SMILES string of the molecule is N#Cc1ccc(/C=C2\CSc3ccccc3C2=O)cc1. The number of fused-ring (bicyclic) bond motifs is 1. The molecule has 0 amide bonds. The lowest BCUT2D eigenvalue weighted by atomic mass is 10.0. The quantitative estimate of drug-likeness (QED) is 0.741. The van der Waals surface area contributed by atoms with Crippen LogP contribution in [0.1, 0.15) is 21.5 Å². The lowest BCUT2D eigenvalue weighted by molar-refractivity contribution is 0.103. The highest BCUT2D eigenvalue weighted by molar-refractivity contribution is 7.99. The molecule has 1 aliphatic heterocycles. The highest BCUT2D eigenvalue weighted by Gasteiger charge is 2.21. The Morgan fingerprint density at radius 2 is 1.85 bits per heavy atom. The van der Waals surface area contributed by atoms with E-state index in [0.717, 1.165) is 21.6 Å². The number of rotatable bonds is 1. The van der Waals surface area contributed by atoms with Gasteiger partial charge in [-0.15, -0.1) is 11.8 Å². The molecule has 3 rings (SSSR count). The fourth-order valence-electron chi connectivity index (χ4n) is 2.14. The fourth-order valence-corrected chi connectivity index (χ4v) is 3.15. The summed E-state index contributed by atoms with van der Waals surface area (Å²) >= 11 is 1.69. The van der Waals surface area contributed by atoms with Crippen molar-refractivity contribution in [1.82, 2.24) is 0 Å². The Bertz CT molecular complexity index is 738. The van der Waals surface area contributed by atoms with Crippen LogP contribution in [0.5, 0.6) is 0 Å². The van der Waals surface area contributed by atoms with E-state index >= 15 is 0 Å². The van der Waals surface area contributed by atoms with E-state index in [1.54, 1.807) is 23.9 Å². The summed E-state index contributed by atoms with van der Waals surface area (Å²) in [4.78, 5) is 13.5. The zero-order valence-corrected chi connectivity index (χ0v) is 11.5. The monoisotopic (exact) mass is 277 g/mol. The van der Waals surface area contributed by atoms with Crippen molar-refractivity contribution in [2.75, 3.05) is 5.75 Å². The first-order valence-corrected chi connectivity index (χ1v) is 7.24. The molecule has 0 saturated heterocycles. The third-order valence-corrected chi connectivity index (χ3v) is 4.31. The average Bonchev–Trinajstić information content (AvgIpc) is 2.51. The maximum Gasteiger partial charge on any atom is 0.191 e. The second-order valence-corrected chi connectivity index (χ2v) is 5.53. The Morgan fingerprint density at radius 1 is 1.10 bits per heavy atom. The smallest absolute Gasteiger partial charge is 0.191 e. The van der Waals surface area contributed by atoms with Gasteiger partial charge in [0.1, 0.15) is 0 Å². The number of nitriles is 1. The molecular formula is C17H11NOS. The van der Waals surface area contributed by atoms with Gasteiger partial charge in [0.05, 0.1) is 11.6 Å². The van der Waals surface area contributed by atoms with Crippen LogP contribution in [0.2, 0.25) is 0 Å². The maximum atomic E-state index is 12.4. The van der Waals surface area contributed by atoms with Crippen molar-refractivity contribution >= 4 is 23.6 Å². The van der Waals surface area contributed by atoms with Gasteiger partial charge in [-0.2, -0.15) is 5.26 Å². The third-order valence-electron chi connectivity index (χ3n) is 3.19. The van der Waals surface area contributed by atoms with Crippen molar-refractivity contribution < 1.29 is 4.79 Å². The molecule has 1 heterocycles. The van der Waals surface area contributed by atoms with Crippen LogP contribution in [-0.2, 0) is 0 Å². The van der Waals surface area contributed by atoms with Gasteiger partial charge in [0, 0.05) is 21.8 Å². The third kappa shape index (κ3) is 2.38. The number of carbonyl (C=O) groups excluding carboxylic acids is 1. The van der Waals surface area contributed by atoms with Crippen LogP contribution in [0.25, 0.3) is 6.08 Å². The van der Waals surface area contributed by atoms with Gasteiger partial charge < -0.3 is 0 Å². The molecule has 0 N–H and O–H groups in total. The van der Waals surface area contributed by atoms with E-state index < -0.39 is 0 Å². The van der Waals surface area contributed by atoms with Crippen molar-refractivity contribution in [2.24, 2.45) is 0 Å². The molecule has 0 saturated carbocycles. The van der Waals surface area contributed by atoms with E-state index in [1.807, 2.05) is 42.5 Å². The molecule has 0 aliphatic carbocycles. The van der Waals surface area contributed by atoms with Crippen LogP contribution in [0.4, 0.5) is 0 Å². The molecule has 0 unspecified atom stereocenters. The molecule has 0 radical (unpaired) electrons. The first-order valence-electron chi connectivity index (χ1n) is 6.25. The number of benzene rings is 2. The average molecular weight is 277 g/mol. The summed E-state index contributed by atoms with van der Waals surface area (Å²) in [5, 5.41) is 8.78. The Morgan fingerprint density at radius 3 is 2.60 bits per heavy atom. The first-order chi connectivity index (χ1) is 9.78. The predicted octanol–water partition coefficient (Wildman–Crippen LogP) is 3.93. The summed E-state index contributed by atoms with van der Waals surface area (Å²) in [7, 11) is 0. The van der Waals surface area contributed by atoms with E-state index in [2.05, 4.69) is 6.07 Å². The van der Waals surface area contributed by atoms with E-state index in [9.17, 15) is 4.79 Å². The zero-order valence-electron chi connectivity index (χ0n) is 10.7. The number of Topliss-reactive ketones (excluding diaryl/α,β-unsaturated/α-hetero) is 1. The number of nitrogens with zero attached hydrogens (tertiary/aromatic N) is 1. The Hall–Kier alpha value is -2.31. The highest BCUT2D eigenvalue weighted by atomic mass is 32.2. The molecule has 0 spiro atoms. The number of hydrogen-bond acceptors (Lipinski definition) is 3. The highest BCUT2D eigenvalue weighted by Crippen LogP contribution is 2.33. The Balaban J connectivity index is 1.94. The lowest BCUT2D eigenvalue weighted by Gasteiger charge is -2.16. The van der Waals surface area contributed by atoms with Crippen LogP contribution in [0, 0.1) is 11.3 Å². The van der Waals surface area contributed by atoms with Crippen molar-refractivity contribution in [2.45, 2.75) is 4.90 Å². The molecule has 20 heavy (non-hydrogen) atoms. The van der Waals surface area contributed by atoms with E-state index in [-0.39, 0.29) is 5.78 Å². The van der Waals surface area contributed by atoms with Gasteiger partial charge in [0.25, 0.3) is 0 Å². The van der Waals surface area contributed by atoms with E-state index in [0.29, 0.717) is 11.3 Å². The summed E-state index contributed by atoms with van der Waals surface area (Å²) in [6, 6.07) is 17.0. The molecule has 0 fully saturated rings. The molecule has 0 aromatic heterocycles. The topological polar surface area (TPSA) is 40.9 Å². The molecule has 2 nitrogen and oxygen atoms in total. The van der Waals surface area contributed by atoms with Crippen molar-refractivity contribution in [3.63, 3.8) is 0 Å². The molecule has 0 atom stereocenters. The molecule has 2 aromatic rings. The van der Waals surface area contributed by atoms with Crippen LogP contribution in [-0.4, -0.2) is 11.5 Å². The number of ketones is 1. The maximum absolute atomic E-state index is 12.4. The van der Waals surface area contributed by atoms with Gasteiger partial charge >= 0.3 is 0 Å². The largest absolute Gasteiger partial charge is 0.289 e. The van der Waals surface area contributed by atoms with E-state index in [1.165, 1.54) is 0 Å². The number of thioether (sulfide) groups is 1. The summed E-state index contributed by atoms with van der Waals surface area (Å²) in [5.74, 6) is 0.791. The minimum atomic E-state index is 0.101. The van der Waals surface area contributed by atoms with Gasteiger partial charge in [-0.05, 0) is 35.9 Å². The van der Waals surface area contributed by atoms with Crippen molar-refractivity contribution in [1.29, 1.82) is 5.26 Å². The van der Waals surface area contributed by atoms with Crippen LogP contribution in [0.15, 0.2) is 59.0 Å². The normalized spacial score (nSPS) is 15.8. The van der Waals surface area contributed by atoms with Crippen LogP contribution in [0.3, 0.4) is 0 Å². The van der Waals surface area contributed by atoms with Gasteiger partial charge in [0.2, 0.25) is 0 Å². The minimum Gasteiger partial charge on any atom is -0.289 e. The van der Waals surface area contributed by atoms with Gasteiger partial charge in [-0.25, -0.2) is 0 Å². The van der Waals surface area contributed by atoms with Crippen LogP contribution < -0.4 is 0 Å². The van der Waals surface area contributed by atoms with Gasteiger partial charge in [-0.1, -0.05) is 24.3 Å². The first kappa shape index (κ1) is 12.7. The summed E-state index contributed by atoms with van der Waals surface area (Å²) < 4.78 is 0. The van der Waals surface area contributed by atoms with Gasteiger partial charge in [-0.3, -0.25) is 4.79 Å². The number of carbonyl (C=O) groups is 1. The Labute approximate surface area is 121 Å². The molecule has 2 aromatic carbocycles. The predicted molar refractivity (Wildman–Crippen MR) is 80.6 cm³/mol. The minimum absolute atomic E-state index is 0.101. The Kier molecular flexibility index (Phi) is 3.41. The molecule has 96 valence electrons. The van der Waals surface area contributed by atoms with Crippen molar-refractivity contribution in [3.05, 3.63) is 70.8 Å². The standard InChI is InChI=1S/C17H11NOS/c18-10-13-7-5-12(6-8-13)9-14-11-20-16-4-2-1-3-15(16)17(14)19/h1-9H,11H2/b14-9+.